The van der Waals surface area contributed by atoms with Gasteiger partial charge in [-0.1, -0.05) is 45.4 Å². The smallest absolute Gasteiger partial charge is 0.0340 e. The maximum absolute atomic E-state index is 5.38. The Balaban J connectivity index is 0. The molecule has 0 radical (unpaired) electrons. The third-order valence-electron chi connectivity index (χ3n) is 2.79. The number of unbranched alkanes of at least 4 members (excludes halogenated alkanes) is 1. The molecule has 0 aliphatic heterocycles. The van der Waals surface area contributed by atoms with Crippen molar-refractivity contribution < 1.29 is 0 Å². The molecule has 0 spiro atoms. The van der Waals surface area contributed by atoms with E-state index in [1.807, 2.05) is 32.0 Å². The lowest BCUT2D eigenvalue weighted by Gasteiger charge is -2.14. The molecule has 0 aliphatic rings. The predicted octanol–water partition coefficient (Wildman–Crippen LogP) is 4.21. The van der Waals surface area contributed by atoms with Crippen LogP contribution in [0.25, 0.3) is 0 Å². The number of benzene rings is 1. The Labute approximate surface area is 132 Å². The van der Waals surface area contributed by atoms with E-state index >= 15 is 0 Å². The van der Waals surface area contributed by atoms with Gasteiger partial charge in [0.05, 0.1) is 0 Å². The zero-order valence-corrected chi connectivity index (χ0v) is 14.9. The maximum Gasteiger partial charge on any atom is 0.0340 e. The van der Waals surface area contributed by atoms with E-state index in [4.69, 9.17) is 5.73 Å². The molecule has 0 unspecified atom stereocenters. The second-order valence-electron chi connectivity index (χ2n) is 4.70. The number of hydrogen-bond donors (Lipinski definition) is 2. The number of nitrogens with two attached hydrogens (primary N) is 1. The summed E-state index contributed by atoms with van der Waals surface area (Å²) >= 11 is 0. The minimum absolute atomic E-state index is 0.816. The first-order valence-corrected chi connectivity index (χ1v) is 8.42. The van der Waals surface area contributed by atoms with Gasteiger partial charge in [-0.05, 0) is 58.6 Å². The van der Waals surface area contributed by atoms with Crippen LogP contribution in [0.4, 0.5) is 5.69 Å². The highest BCUT2D eigenvalue weighted by Crippen LogP contribution is 2.02. The second-order valence-corrected chi connectivity index (χ2v) is 4.70. The van der Waals surface area contributed by atoms with Crippen molar-refractivity contribution in [3.63, 3.8) is 0 Å². The number of nitrogens with zero attached hydrogens (tertiary/aromatic N) is 1. The van der Waals surface area contributed by atoms with E-state index in [0.29, 0.717) is 0 Å². The van der Waals surface area contributed by atoms with Crippen molar-refractivity contribution in [1.29, 1.82) is 0 Å². The first-order chi connectivity index (χ1) is 10.2. The van der Waals surface area contributed by atoms with Gasteiger partial charge in [0.15, 0.2) is 0 Å². The van der Waals surface area contributed by atoms with E-state index in [0.717, 1.165) is 26.1 Å². The van der Waals surface area contributed by atoms with Gasteiger partial charge in [-0.25, -0.2) is 0 Å². The molecule has 1 rings (SSSR count). The van der Waals surface area contributed by atoms with Gasteiger partial charge in [0.1, 0.15) is 0 Å². The highest BCUT2D eigenvalue weighted by molar-refractivity contribution is 5.41. The summed E-state index contributed by atoms with van der Waals surface area (Å²) in [5.74, 6) is 0. The summed E-state index contributed by atoms with van der Waals surface area (Å²) in [6.07, 6.45) is 3.72. The molecule has 0 bridgehead atoms. The fourth-order valence-electron chi connectivity index (χ4n) is 1.66. The largest absolute Gasteiger partial charge is 0.385 e. The molecular formula is C18H37N3. The van der Waals surface area contributed by atoms with Gasteiger partial charge in [0.25, 0.3) is 0 Å². The van der Waals surface area contributed by atoms with Crippen molar-refractivity contribution in [2.24, 2.45) is 5.73 Å². The molecule has 1 aromatic carbocycles. The Kier molecular flexibility index (Phi) is 20.0. The lowest BCUT2D eigenvalue weighted by atomic mass is 10.3. The Morgan fingerprint density at radius 3 is 2.05 bits per heavy atom. The standard InChI is InChI=1S/C8H20N2.C8H11N.C2H6/c1-3-4-7-10(2)8-5-6-9;1-2-9-8-6-4-3-5-7-8;1-2/h3-9H2,1-2H3;3-7,9H,2H2,1H3;1-2H3. The molecular weight excluding hydrogens is 258 g/mol. The van der Waals surface area contributed by atoms with Crippen molar-refractivity contribution >= 4 is 5.69 Å². The third-order valence-corrected chi connectivity index (χ3v) is 2.79. The molecule has 0 fully saturated rings. The Hall–Kier alpha value is -1.06. The van der Waals surface area contributed by atoms with E-state index < -0.39 is 0 Å². The Morgan fingerprint density at radius 1 is 1.00 bits per heavy atom. The molecule has 0 atom stereocenters. The molecule has 1 aromatic rings. The van der Waals surface area contributed by atoms with Crippen molar-refractivity contribution in [3.8, 4) is 0 Å². The summed E-state index contributed by atoms with van der Waals surface area (Å²) < 4.78 is 0. The minimum atomic E-state index is 0.816. The summed E-state index contributed by atoms with van der Waals surface area (Å²) in [6, 6.07) is 10.2. The Bertz CT molecular complexity index is 267. The van der Waals surface area contributed by atoms with Crippen LogP contribution in [0.15, 0.2) is 30.3 Å². The summed E-state index contributed by atoms with van der Waals surface area (Å²) in [5.41, 5.74) is 6.57. The fraction of sp³-hybridized carbons (Fsp3) is 0.667. The Morgan fingerprint density at radius 2 is 1.57 bits per heavy atom. The summed E-state index contributed by atoms with van der Waals surface area (Å²) in [5, 5.41) is 3.21. The number of para-hydroxylation sites is 1. The highest BCUT2D eigenvalue weighted by atomic mass is 15.1. The number of nitrogens with one attached hydrogen (secondary N) is 1. The van der Waals surface area contributed by atoms with Crippen LogP contribution in [-0.2, 0) is 0 Å². The zero-order chi connectivity index (χ0) is 16.3. The SMILES string of the molecule is CC.CCCCN(C)CCCN.CCNc1ccccc1. The van der Waals surface area contributed by atoms with Gasteiger partial charge in [-0.3, -0.25) is 0 Å². The highest BCUT2D eigenvalue weighted by Gasteiger charge is 1.94. The summed E-state index contributed by atoms with van der Waals surface area (Å²) in [7, 11) is 2.16. The molecule has 0 amide bonds. The van der Waals surface area contributed by atoms with Gasteiger partial charge in [-0.15, -0.1) is 0 Å². The summed E-state index contributed by atoms with van der Waals surface area (Å²) in [4.78, 5) is 2.34. The molecule has 3 heteroatoms. The monoisotopic (exact) mass is 295 g/mol. The van der Waals surface area contributed by atoms with Crippen LogP contribution < -0.4 is 11.1 Å². The first kappa shape index (κ1) is 22.2. The van der Waals surface area contributed by atoms with Crippen LogP contribution in [-0.4, -0.2) is 38.1 Å². The lowest BCUT2D eigenvalue weighted by Crippen LogP contribution is -2.22. The van der Waals surface area contributed by atoms with Crippen molar-refractivity contribution in [2.45, 2.75) is 47.0 Å². The van der Waals surface area contributed by atoms with E-state index in [1.54, 1.807) is 0 Å². The first-order valence-electron chi connectivity index (χ1n) is 8.42. The van der Waals surface area contributed by atoms with Crippen LogP contribution in [0.1, 0.15) is 47.0 Å². The van der Waals surface area contributed by atoms with E-state index in [-0.39, 0.29) is 0 Å². The van der Waals surface area contributed by atoms with Crippen LogP contribution >= 0.6 is 0 Å². The normalized spacial score (nSPS) is 9.29. The molecule has 3 nitrogen and oxygen atoms in total. The van der Waals surface area contributed by atoms with Crippen molar-refractivity contribution in [3.05, 3.63) is 30.3 Å². The van der Waals surface area contributed by atoms with Gasteiger partial charge in [0.2, 0.25) is 0 Å². The average molecular weight is 296 g/mol. The predicted molar refractivity (Wildman–Crippen MR) is 98.0 cm³/mol. The van der Waals surface area contributed by atoms with E-state index in [9.17, 15) is 0 Å². The van der Waals surface area contributed by atoms with Crippen LogP contribution in [0.3, 0.4) is 0 Å². The molecule has 0 saturated heterocycles. The van der Waals surface area contributed by atoms with Crippen LogP contribution in [0, 0.1) is 0 Å². The number of rotatable bonds is 8. The second kappa shape index (κ2) is 18.9. The third kappa shape index (κ3) is 16.9. The average Bonchev–Trinajstić information content (AvgIpc) is 2.55. The quantitative estimate of drug-likeness (QED) is 0.755. The van der Waals surface area contributed by atoms with Crippen LogP contribution in [0.5, 0.6) is 0 Å². The van der Waals surface area contributed by atoms with Crippen molar-refractivity contribution in [1.82, 2.24) is 4.90 Å². The minimum Gasteiger partial charge on any atom is -0.385 e. The number of anilines is 1. The van der Waals surface area contributed by atoms with E-state index in [2.05, 4.69) is 43.2 Å². The lowest BCUT2D eigenvalue weighted by molar-refractivity contribution is 0.325. The van der Waals surface area contributed by atoms with E-state index in [1.165, 1.54) is 25.1 Å². The molecule has 0 heterocycles. The molecule has 0 aromatic heterocycles. The molecule has 124 valence electrons. The maximum atomic E-state index is 5.38. The van der Waals surface area contributed by atoms with Gasteiger partial charge < -0.3 is 16.0 Å². The topological polar surface area (TPSA) is 41.3 Å². The summed E-state index contributed by atoms with van der Waals surface area (Å²) in [6.45, 7) is 12.5. The zero-order valence-electron chi connectivity index (χ0n) is 14.9. The molecule has 0 aliphatic carbocycles. The van der Waals surface area contributed by atoms with Gasteiger partial charge in [-0.2, -0.15) is 0 Å². The van der Waals surface area contributed by atoms with Crippen molar-refractivity contribution in [2.75, 3.05) is 38.5 Å². The fourth-order valence-corrected chi connectivity index (χ4v) is 1.66. The molecule has 21 heavy (non-hydrogen) atoms. The van der Waals surface area contributed by atoms with Gasteiger partial charge >= 0.3 is 0 Å². The van der Waals surface area contributed by atoms with Crippen LogP contribution in [0.2, 0.25) is 0 Å². The molecule has 3 N–H and O–H groups in total. The number of hydrogen-bond acceptors (Lipinski definition) is 3. The molecule has 0 saturated carbocycles. The van der Waals surface area contributed by atoms with Gasteiger partial charge in [0, 0.05) is 12.2 Å².